The largest absolute Gasteiger partial charge is 0.304 e. The molecule has 28 heavy (non-hydrogen) atoms. The number of benzene rings is 2. The van der Waals surface area contributed by atoms with Crippen LogP contribution in [0.4, 0.5) is 4.39 Å². The van der Waals surface area contributed by atoms with Crippen molar-refractivity contribution in [3.05, 3.63) is 82.1 Å². The zero-order valence-electron chi connectivity index (χ0n) is 16.3. The molecule has 1 heterocycles. The quantitative estimate of drug-likeness (QED) is 0.518. The lowest BCUT2D eigenvalue weighted by molar-refractivity contribution is 0.207. The van der Waals surface area contributed by atoms with Crippen molar-refractivity contribution in [2.75, 3.05) is 7.05 Å². The summed E-state index contributed by atoms with van der Waals surface area (Å²) in [4.78, 5) is 2.21. The Labute approximate surface area is 170 Å². The van der Waals surface area contributed by atoms with Gasteiger partial charge < -0.3 is 4.57 Å². The van der Waals surface area contributed by atoms with E-state index in [1.54, 1.807) is 0 Å². The van der Waals surface area contributed by atoms with Crippen molar-refractivity contribution in [1.82, 2.24) is 19.2 Å². The minimum atomic E-state index is -0.226. The molecule has 1 fully saturated rings. The van der Waals surface area contributed by atoms with Crippen LogP contribution in [0.2, 0.25) is 0 Å². The maximum Gasteiger partial charge on any atom is 0.199 e. The number of aromatic nitrogens is 3. The van der Waals surface area contributed by atoms with Gasteiger partial charge in [0, 0.05) is 12.5 Å². The van der Waals surface area contributed by atoms with Crippen molar-refractivity contribution in [3.63, 3.8) is 0 Å². The predicted octanol–water partition coefficient (Wildman–Crippen LogP) is 5.13. The fourth-order valence-electron chi connectivity index (χ4n) is 3.77. The van der Waals surface area contributed by atoms with Gasteiger partial charge in [0.05, 0.1) is 12.7 Å². The van der Waals surface area contributed by atoms with E-state index in [-0.39, 0.29) is 11.9 Å². The molecule has 1 atom stereocenters. The molecule has 0 aliphatic heterocycles. The van der Waals surface area contributed by atoms with Crippen molar-refractivity contribution in [2.24, 2.45) is 0 Å². The second-order valence-corrected chi connectivity index (χ2v) is 7.79. The highest BCUT2D eigenvalue weighted by Gasteiger charge is 2.30. The van der Waals surface area contributed by atoms with Crippen molar-refractivity contribution in [1.29, 1.82) is 0 Å². The average Bonchev–Trinajstić information content (AvgIpc) is 3.50. The Kier molecular flexibility index (Phi) is 5.42. The van der Waals surface area contributed by atoms with Crippen LogP contribution in [0.5, 0.6) is 0 Å². The first-order valence-corrected chi connectivity index (χ1v) is 10.2. The van der Waals surface area contributed by atoms with Gasteiger partial charge in [0.15, 0.2) is 4.77 Å². The first kappa shape index (κ1) is 19.0. The first-order chi connectivity index (χ1) is 13.6. The fourth-order valence-corrected chi connectivity index (χ4v) is 4.09. The average molecular weight is 397 g/mol. The molecular weight excluding hydrogens is 371 g/mol. The molecule has 0 radical (unpaired) electrons. The maximum atomic E-state index is 13.5. The lowest BCUT2D eigenvalue weighted by Gasteiger charge is -2.28. The molecule has 4 rings (SSSR count). The van der Waals surface area contributed by atoms with Crippen LogP contribution in [0.1, 0.15) is 48.7 Å². The van der Waals surface area contributed by atoms with Crippen LogP contribution >= 0.6 is 12.2 Å². The highest BCUT2D eigenvalue weighted by Crippen LogP contribution is 2.39. The monoisotopic (exact) mass is 396 g/mol. The van der Waals surface area contributed by atoms with Crippen molar-refractivity contribution >= 4 is 12.2 Å². The molecule has 0 amide bonds. The van der Waals surface area contributed by atoms with Crippen LogP contribution in [0.25, 0.3) is 0 Å². The van der Waals surface area contributed by atoms with Crippen molar-refractivity contribution < 1.29 is 4.39 Å². The molecule has 1 aromatic heterocycles. The van der Waals surface area contributed by atoms with E-state index in [0.717, 1.165) is 28.3 Å². The normalized spacial score (nSPS) is 15.1. The highest BCUT2D eigenvalue weighted by atomic mass is 32.1. The summed E-state index contributed by atoms with van der Waals surface area (Å²) < 4.78 is 18.3. The van der Waals surface area contributed by atoms with E-state index in [1.807, 2.05) is 35.0 Å². The fraction of sp³-hybridized carbons (Fsp3) is 0.364. The molecule has 1 aliphatic rings. The molecule has 6 heteroatoms. The van der Waals surface area contributed by atoms with Crippen LogP contribution in [0.3, 0.4) is 0 Å². The third-order valence-electron chi connectivity index (χ3n) is 5.31. The Hall–Kier alpha value is -2.31. The molecule has 4 nitrogen and oxygen atoms in total. The van der Waals surface area contributed by atoms with E-state index in [2.05, 4.69) is 35.6 Å². The van der Waals surface area contributed by atoms with Gasteiger partial charge in [-0.05, 0) is 62.3 Å². The number of nitrogens with zero attached hydrogens (tertiary/aromatic N) is 4. The van der Waals surface area contributed by atoms with Crippen molar-refractivity contribution in [3.8, 4) is 0 Å². The minimum absolute atomic E-state index is 0.0140. The summed E-state index contributed by atoms with van der Waals surface area (Å²) in [6, 6.07) is 17.0. The molecule has 1 aliphatic carbocycles. The predicted molar refractivity (Wildman–Crippen MR) is 111 cm³/mol. The molecule has 3 aromatic rings. The molecule has 0 spiro atoms. The number of halogens is 1. The van der Waals surface area contributed by atoms with E-state index in [9.17, 15) is 4.39 Å². The third-order valence-corrected chi connectivity index (χ3v) is 5.74. The van der Waals surface area contributed by atoms with Crippen molar-refractivity contribution in [2.45, 2.75) is 44.9 Å². The van der Waals surface area contributed by atoms with Crippen LogP contribution in [-0.4, -0.2) is 26.3 Å². The Morgan fingerprint density at radius 2 is 1.75 bits per heavy atom. The molecule has 0 bridgehead atoms. The lowest BCUT2D eigenvalue weighted by Crippen LogP contribution is -2.28. The van der Waals surface area contributed by atoms with E-state index in [1.165, 1.54) is 25.0 Å². The SMILES string of the molecule is CCn1c(C2CC2)nn(CN(C)C(c2ccccc2)c2ccc(F)cc2)c1=S. The van der Waals surface area contributed by atoms with Gasteiger partial charge in [0.1, 0.15) is 11.6 Å². The second-order valence-electron chi connectivity index (χ2n) is 7.42. The number of hydrogen-bond donors (Lipinski definition) is 0. The molecule has 0 N–H and O–H groups in total. The van der Waals surface area contributed by atoms with Crippen LogP contribution < -0.4 is 0 Å². The van der Waals surface area contributed by atoms with E-state index in [0.29, 0.717) is 12.6 Å². The summed E-state index contributed by atoms with van der Waals surface area (Å²) in [6.07, 6.45) is 2.40. The molecule has 0 saturated heterocycles. The zero-order valence-corrected chi connectivity index (χ0v) is 17.1. The Balaban J connectivity index is 1.67. The summed E-state index contributed by atoms with van der Waals surface area (Å²) in [5.41, 5.74) is 2.19. The van der Waals surface area contributed by atoms with Gasteiger partial charge in [-0.3, -0.25) is 4.90 Å². The standard InChI is InChI=1S/C22H25FN4S/c1-3-26-21(18-9-10-18)24-27(22(26)28)15-25(2)20(16-7-5-4-6-8-16)17-11-13-19(23)14-12-17/h4-8,11-14,18,20H,3,9-10,15H2,1-2H3. The number of hydrogen-bond acceptors (Lipinski definition) is 3. The van der Waals surface area contributed by atoms with Gasteiger partial charge in [0.25, 0.3) is 0 Å². The molecular formula is C22H25FN4S. The first-order valence-electron chi connectivity index (χ1n) is 9.76. The molecule has 1 saturated carbocycles. The molecule has 1 unspecified atom stereocenters. The summed E-state index contributed by atoms with van der Waals surface area (Å²) in [7, 11) is 2.06. The summed E-state index contributed by atoms with van der Waals surface area (Å²) in [5.74, 6) is 1.44. The second kappa shape index (κ2) is 7.97. The third kappa shape index (κ3) is 3.80. The van der Waals surface area contributed by atoms with Crippen LogP contribution in [0.15, 0.2) is 54.6 Å². The topological polar surface area (TPSA) is 26.0 Å². The van der Waals surface area contributed by atoms with Gasteiger partial charge in [-0.2, -0.15) is 5.10 Å². The summed E-state index contributed by atoms with van der Waals surface area (Å²) >= 11 is 5.70. The van der Waals surface area contributed by atoms with Crippen LogP contribution in [0, 0.1) is 10.6 Å². The Morgan fingerprint density at radius 1 is 1.11 bits per heavy atom. The van der Waals surface area contributed by atoms with E-state index in [4.69, 9.17) is 17.3 Å². The van der Waals surface area contributed by atoms with Gasteiger partial charge >= 0.3 is 0 Å². The smallest absolute Gasteiger partial charge is 0.199 e. The lowest BCUT2D eigenvalue weighted by atomic mass is 9.98. The number of rotatable bonds is 7. The van der Waals surface area contributed by atoms with E-state index < -0.39 is 0 Å². The minimum Gasteiger partial charge on any atom is -0.304 e. The van der Waals surface area contributed by atoms with Gasteiger partial charge in [0.2, 0.25) is 0 Å². The maximum absolute atomic E-state index is 13.5. The highest BCUT2D eigenvalue weighted by molar-refractivity contribution is 7.71. The van der Waals surface area contributed by atoms with Gasteiger partial charge in [-0.1, -0.05) is 42.5 Å². The van der Waals surface area contributed by atoms with E-state index >= 15 is 0 Å². The Morgan fingerprint density at radius 3 is 2.36 bits per heavy atom. The summed E-state index contributed by atoms with van der Waals surface area (Å²) in [5, 5.41) is 4.84. The molecule has 2 aromatic carbocycles. The van der Waals surface area contributed by atoms with Gasteiger partial charge in [-0.25, -0.2) is 9.07 Å². The van der Waals surface area contributed by atoms with Crippen LogP contribution in [-0.2, 0) is 13.2 Å². The summed E-state index contributed by atoms with van der Waals surface area (Å²) in [6.45, 7) is 3.53. The van der Waals surface area contributed by atoms with Gasteiger partial charge in [-0.15, -0.1) is 0 Å². The zero-order chi connectivity index (χ0) is 19.7. The molecule has 146 valence electrons. The Bertz CT molecular complexity index is 990.